The third kappa shape index (κ3) is 3.37. The normalized spacial score (nSPS) is 20.7. The van der Waals surface area contributed by atoms with Crippen LogP contribution in [-0.2, 0) is 11.2 Å². The first-order valence-corrected chi connectivity index (χ1v) is 7.36. The summed E-state index contributed by atoms with van der Waals surface area (Å²) >= 11 is 0. The van der Waals surface area contributed by atoms with E-state index in [-0.39, 0.29) is 18.9 Å². The van der Waals surface area contributed by atoms with Gasteiger partial charge in [0.15, 0.2) is 11.6 Å². The molecule has 1 saturated heterocycles. The monoisotopic (exact) mass is 318 g/mol. The number of β-amino-alcohol motifs (C(OH)–C–C–N with tert-alkyl or cyclic N) is 1. The first kappa shape index (κ1) is 15.6. The summed E-state index contributed by atoms with van der Waals surface area (Å²) in [4.78, 5) is 17.9. The number of nitrogens with zero attached hydrogens (tertiary/aromatic N) is 2. The Kier molecular flexibility index (Phi) is 4.34. The van der Waals surface area contributed by atoms with Crippen LogP contribution in [0, 0.1) is 11.6 Å². The number of aliphatic hydroxyl groups is 1. The molecule has 0 radical (unpaired) electrons. The van der Waals surface area contributed by atoms with E-state index in [1.807, 2.05) is 0 Å². The van der Waals surface area contributed by atoms with Gasteiger partial charge in [0.05, 0.1) is 18.6 Å². The fraction of sp³-hybridized carbons (Fsp3) is 0.294. The van der Waals surface area contributed by atoms with Gasteiger partial charge in [-0.2, -0.15) is 0 Å². The van der Waals surface area contributed by atoms with Crippen LogP contribution in [0.25, 0.3) is 0 Å². The third-order valence-electron chi connectivity index (χ3n) is 4.03. The van der Waals surface area contributed by atoms with E-state index in [1.165, 1.54) is 11.0 Å². The fourth-order valence-electron chi connectivity index (χ4n) is 2.90. The molecule has 2 aromatic rings. The smallest absolute Gasteiger partial charge is 0.227 e. The number of benzene rings is 1. The molecule has 2 heterocycles. The van der Waals surface area contributed by atoms with Crippen molar-refractivity contribution >= 4 is 5.91 Å². The number of amides is 1. The van der Waals surface area contributed by atoms with Crippen LogP contribution in [0.1, 0.15) is 23.6 Å². The molecule has 0 spiro atoms. The van der Waals surface area contributed by atoms with Crippen LogP contribution >= 0.6 is 0 Å². The van der Waals surface area contributed by atoms with Gasteiger partial charge in [0.25, 0.3) is 0 Å². The van der Waals surface area contributed by atoms with Gasteiger partial charge in [-0.1, -0.05) is 6.07 Å². The predicted octanol–water partition coefficient (Wildman–Crippen LogP) is 2.24. The summed E-state index contributed by atoms with van der Waals surface area (Å²) in [6, 6.07) is 6.63. The average molecular weight is 318 g/mol. The molecule has 0 saturated carbocycles. The molecule has 6 heteroatoms. The molecule has 1 N–H and O–H groups in total. The van der Waals surface area contributed by atoms with Crippen LogP contribution in [0.5, 0.6) is 0 Å². The topological polar surface area (TPSA) is 53.4 Å². The maximum Gasteiger partial charge on any atom is 0.227 e. The van der Waals surface area contributed by atoms with E-state index in [1.54, 1.807) is 24.5 Å². The maximum absolute atomic E-state index is 13.5. The summed E-state index contributed by atoms with van der Waals surface area (Å²) in [6.07, 6.45) is 3.03. The molecular formula is C17H16F2N2O2. The number of halogens is 2. The van der Waals surface area contributed by atoms with Gasteiger partial charge in [0.2, 0.25) is 5.91 Å². The molecule has 0 aliphatic carbocycles. The second-order valence-electron chi connectivity index (χ2n) is 5.66. The van der Waals surface area contributed by atoms with Gasteiger partial charge >= 0.3 is 0 Å². The molecule has 3 rings (SSSR count). The Balaban J connectivity index is 1.81. The molecule has 1 aliphatic heterocycles. The summed E-state index contributed by atoms with van der Waals surface area (Å²) < 4.78 is 26.6. The zero-order valence-electron chi connectivity index (χ0n) is 12.3. The van der Waals surface area contributed by atoms with Crippen LogP contribution < -0.4 is 0 Å². The Morgan fingerprint density at radius 3 is 2.65 bits per heavy atom. The standard InChI is InChI=1S/C17H16F2N2O2/c18-14-2-1-12(8-15(14)19)16-9-13(22)10-21(16)17(23)7-11-3-5-20-6-4-11/h1-6,8,13,16,22H,7,9-10H2. The van der Waals surface area contributed by atoms with Crippen molar-refractivity contribution in [2.45, 2.75) is 25.0 Å². The molecule has 2 atom stereocenters. The van der Waals surface area contributed by atoms with Crippen molar-refractivity contribution in [1.82, 2.24) is 9.88 Å². The van der Waals surface area contributed by atoms with Gasteiger partial charge in [-0.05, 0) is 41.8 Å². The highest BCUT2D eigenvalue weighted by Crippen LogP contribution is 2.33. The first-order valence-electron chi connectivity index (χ1n) is 7.36. The van der Waals surface area contributed by atoms with E-state index < -0.39 is 23.8 Å². The van der Waals surface area contributed by atoms with Crippen molar-refractivity contribution < 1.29 is 18.7 Å². The molecule has 23 heavy (non-hydrogen) atoms. The highest BCUT2D eigenvalue weighted by molar-refractivity contribution is 5.79. The number of carbonyl (C=O) groups is 1. The molecule has 1 aromatic carbocycles. The van der Waals surface area contributed by atoms with Crippen LogP contribution in [0.3, 0.4) is 0 Å². The molecule has 1 aliphatic rings. The molecule has 1 amide bonds. The first-order chi connectivity index (χ1) is 11.0. The van der Waals surface area contributed by atoms with E-state index in [0.717, 1.165) is 17.7 Å². The van der Waals surface area contributed by atoms with Crippen molar-refractivity contribution in [3.8, 4) is 0 Å². The quantitative estimate of drug-likeness (QED) is 0.944. The van der Waals surface area contributed by atoms with E-state index >= 15 is 0 Å². The minimum atomic E-state index is -0.953. The largest absolute Gasteiger partial charge is 0.391 e. The van der Waals surface area contributed by atoms with Crippen LogP contribution in [-0.4, -0.2) is 33.5 Å². The van der Waals surface area contributed by atoms with Crippen LogP contribution in [0.4, 0.5) is 8.78 Å². The van der Waals surface area contributed by atoms with Crippen molar-refractivity contribution in [3.05, 3.63) is 65.5 Å². The van der Waals surface area contributed by atoms with Crippen molar-refractivity contribution in [2.24, 2.45) is 0 Å². The summed E-state index contributed by atoms with van der Waals surface area (Å²) in [5, 5.41) is 9.90. The number of hydrogen-bond donors (Lipinski definition) is 1. The minimum absolute atomic E-state index is 0.164. The number of pyridine rings is 1. The van der Waals surface area contributed by atoms with Gasteiger partial charge in [-0.15, -0.1) is 0 Å². The molecule has 4 nitrogen and oxygen atoms in total. The van der Waals surface area contributed by atoms with Crippen LogP contribution in [0.2, 0.25) is 0 Å². The fourth-order valence-corrected chi connectivity index (χ4v) is 2.90. The Morgan fingerprint density at radius 2 is 1.96 bits per heavy atom. The molecule has 0 bridgehead atoms. The Hall–Kier alpha value is -2.34. The number of likely N-dealkylation sites (tertiary alicyclic amines) is 1. The van der Waals surface area contributed by atoms with Crippen molar-refractivity contribution in [2.75, 3.05) is 6.54 Å². The van der Waals surface area contributed by atoms with Gasteiger partial charge in [-0.25, -0.2) is 8.78 Å². The molecule has 2 unspecified atom stereocenters. The molecule has 1 fully saturated rings. The summed E-state index contributed by atoms with van der Waals surface area (Å²) in [5.41, 5.74) is 1.30. The lowest BCUT2D eigenvalue weighted by atomic mass is 10.0. The second-order valence-corrected chi connectivity index (χ2v) is 5.66. The van der Waals surface area contributed by atoms with E-state index in [2.05, 4.69) is 4.98 Å². The lowest BCUT2D eigenvalue weighted by molar-refractivity contribution is -0.131. The lowest BCUT2D eigenvalue weighted by Crippen LogP contribution is -2.33. The van der Waals surface area contributed by atoms with Crippen LogP contribution in [0.15, 0.2) is 42.7 Å². The van der Waals surface area contributed by atoms with Gasteiger partial charge in [0.1, 0.15) is 0 Å². The molecule has 1 aromatic heterocycles. The zero-order chi connectivity index (χ0) is 16.4. The molecule has 120 valence electrons. The number of aliphatic hydroxyl groups excluding tert-OH is 1. The second kappa shape index (κ2) is 6.42. The Morgan fingerprint density at radius 1 is 1.22 bits per heavy atom. The number of hydrogen-bond acceptors (Lipinski definition) is 3. The summed E-state index contributed by atoms with van der Waals surface area (Å²) in [7, 11) is 0. The SMILES string of the molecule is O=C(Cc1ccncc1)N1CC(O)CC1c1ccc(F)c(F)c1. The van der Waals surface area contributed by atoms with E-state index in [4.69, 9.17) is 0 Å². The highest BCUT2D eigenvalue weighted by Gasteiger charge is 2.35. The minimum Gasteiger partial charge on any atom is -0.391 e. The molecular weight excluding hydrogens is 302 g/mol. The van der Waals surface area contributed by atoms with Crippen molar-refractivity contribution in [3.63, 3.8) is 0 Å². The third-order valence-corrected chi connectivity index (χ3v) is 4.03. The number of carbonyl (C=O) groups excluding carboxylic acids is 1. The highest BCUT2D eigenvalue weighted by atomic mass is 19.2. The Bertz CT molecular complexity index is 709. The average Bonchev–Trinajstić information content (AvgIpc) is 2.93. The van der Waals surface area contributed by atoms with Gasteiger partial charge < -0.3 is 10.0 Å². The van der Waals surface area contributed by atoms with Gasteiger partial charge in [0, 0.05) is 18.9 Å². The van der Waals surface area contributed by atoms with E-state index in [0.29, 0.717) is 12.0 Å². The lowest BCUT2D eigenvalue weighted by Gasteiger charge is -2.25. The maximum atomic E-state index is 13.5. The number of rotatable bonds is 3. The van der Waals surface area contributed by atoms with E-state index in [9.17, 15) is 18.7 Å². The van der Waals surface area contributed by atoms with Gasteiger partial charge in [-0.3, -0.25) is 9.78 Å². The predicted molar refractivity (Wildman–Crippen MR) is 79.4 cm³/mol. The number of aromatic nitrogens is 1. The summed E-state index contributed by atoms with van der Waals surface area (Å²) in [6.45, 7) is 0.188. The van der Waals surface area contributed by atoms with Crippen molar-refractivity contribution in [1.29, 1.82) is 0 Å². The zero-order valence-corrected chi connectivity index (χ0v) is 12.3. The summed E-state index contributed by atoms with van der Waals surface area (Å²) in [5.74, 6) is -2.05. The Labute approximate surface area is 132 Å².